The Hall–Kier alpha value is -3.49. The molecule has 4 rings (SSSR count). The third-order valence-electron chi connectivity index (χ3n) is 15.2. The van der Waals surface area contributed by atoms with Crippen molar-refractivity contribution < 1.29 is 81.2 Å². The SMILES string of the molecule is CCCCCCCC(=O)O[C@H]1/C(=C/C(=O)OC)C[C@H]2C[C@H](CO[Si](C)(C)C(C)(C)C)OC(=O)C[C@H](O)C[C@@H]3C[C@H](OC(C)=O)C(C)(C)C(OC)(C[C@@H]4CC(=CC(=O)OC)C[C@H](/C=C/C(C)(C)[C@]1(O)O2)O4)O3. The largest absolute Gasteiger partial charge is 0.466 e. The third-order valence-corrected chi connectivity index (χ3v) is 19.7. The first-order valence-electron chi connectivity index (χ1n) is 25.5. The maximum atomic E-state index is 14.0. The minimum atomic E-state index is -2.46. The molecule has 1 unspecified atom stereocenters. The van der Waals surface area contributed by atoms with E-state index in [1.807, 2.05) is 13.8 Å². The number of fused-ring (bicyclic) bond motifs is 6. The Morgan fingerprint density at radius 2 is 1.51 bits per heavy atom. The fourth-order valence-corrected chi connectivity index (χ4v) is 10.8. The van der Waals surface area contributed by atoms with Crippen LogP contribution in [0.4, 0.5) is 0 Å². The summed E-state index contributed by atoms with van der Waals surface area (Å²) in [6.45, 7) is 20.9. The highest BCUT2D eigenvalue weighted by atomic mass is 28.4. The summed E-state index contributed by atoms with van der Waals surface area (Å²) in [6.07, 6.45) is 3.10. The van der Waals surface area contributed by atoms with Crippen LogP contribution in [0.15, 0.2) is 35.5 Å². The van der Waals surface area contributed by atoms with Gasteiger partial charge in [0.2, 0.25) is 5.79 Å². The molecule has 0 saturated carbocycles. The number of rotatable bonds is 14. The molecule has 0 radical (unpaired) electrons. The summed E-state index contributed by atoms with van der Waals surface area (Å²) in [5.41, 5.74) is -1.51. The van der Waals surface area contributed by atoms with Gasteiger partial charge in [-0.25, -0.2) is 9.59 Å². The first kappa shape index (κ1) is 60.1. The van der Waals surface area contributed by atoms with Crippen LogP contribution in [0, 0.1) is 10.8 Å². The van der Waals surface area contributed by atoms with Gasteiger partial charge in [-0.1, -0.05) is 98.8 Å². The molecular weight excluding hydrogens is 937 g/mol. The molecule has 2 N–H and O–H groups in total. The first-order valence-corrected chi connectivity index (χ1v) is 28.4. The summed E-state index contributed by atoms with van der Waals surface area (Å²) >= 11 is 0. The molecule has 18 heteroatoms. The number of carbonyl (C=O) groups excluding carboxylic acids is 5. The quantitative estimate of drug-likeness (QED) is 0.0420. The molecule has 6 bridgehead atoms. The highest BCUT2D eigenvalue weighted by Gasteiger charge is 2.60. The molecule has 4 aliphatic heterocycles. The molecule has 4 aliphatic rings. The van der Waals surface area contributed by atoms with Crippen LogP contribution in [0.25, 0.3) is 0 Å². The van der Waals surface area contributed by atoms with Crippen LogP contribution in [-0.2, 0) is 71.0 Å². The molecule has 3 fully saturated rings. The van der Waals surface area contributed by atoms with Crippen molar-refractivity contribution in [2.45, 2.75) is 231 Å². The zero-order valence-electron chi connectivity index (χ0n) is 45.1. The summed E-state index contributed by atoms with van der Waals surface area (Å²) in [4.78, 5) is 66.3. The lowest BCUT2D eigenvalue weighted by atomic mass is 9.70. The lowest BCUT2D eigenvalue weighted by Gasteiger charge is -2.55. The number of esters is 5. The monoisotopic (exact) mass is 1020 g/mol. The fourth-order valence-electron chi connectivity index (χ4n) is 9.75. The Kier molecular flexibility index (Phi) is 21.3. The van der Waals surface area contributed by atoms with Gasteiger partial charge in [0, 0.05) is 63.7 Å². The van der Waals surface area contributed by atoms with Crippen LogP contribution >= 0.6 is 0 Å². The minimum absolute atomic E-state index is 0.0301. The van der Waals surface area contributed by atoms with Crippen molar-refractivity contribution in [3.8, 4) is 0 Å². The molecule has 71 heavy (non-hydrogen) atoms. The first-order chi connectivity index (χ1) is 33.0. The number of methoxy groups -OCH3 is 3. The van der Waals surface area contributed by atoms with E-state index in [-0.39, 0.29) is 68.6 Å². The van der Waals surface area contributed by atoms with Crippen molar-refractivity contribution >= 4 is 38.2 Å². The number of ether oxygens (including phenoxy) is 9. The molecule has 3 saturated heterocycles. The van der Waals surface area contributed by atoms with E-state index in [0.29, 0.717) is 12.0 Å². The minimum Gasteiger partial charge on any atom is -0.466 e. The van der Waals surface area contributed by atoms with E-state index < -0.39 is 116 Å². The van der Waals surface area contributed by atoms with Gasteiger partial charge in [-0.3, -0.25) is 14.4 Å². The van der Waals surface area contributed by atoms with Crippen molar-refractivity contribution in [1.29, 1.82) is 0 Å². The fraction of sp³-hybridized carbons (Fsp3) is 0.792. The van der Waals surface area contributed by atoms with E-state index in [1.54, 1.807) is 26.0 Å². The molecule has 4 heterocycles. The van der Waals surface area contributed by atoms with Gasteiger partial charge in [0.1, 0.15) is 12.2 Å². The van der Waals surface area contributed by atoms with E-state index in [9.17, 15) is 34.2 Å². The molecule has 0 aromatic heterocycles. The smallest absolute Gasteiger partial charge is 0.330 e. The molecule has 17 nitrogen and oxygen atoms in total. The van der Waals surface area contributed by atoms with Gasteiger partial charge in [0.05, 0.1) is 63.2 Å². The molecule has 404 valence electrons. The molecule has 0 aliphatic carbocycles. The maximum absolute atomic E-state index is 14.0. The Labute approximate surface area is 423 Å². The van der Waals surface area contributed by atoms with E-state index in [4.69, 9.17) is 47.1 Å². The zero-order chi connectivity index (χ0) is 53.2. The Bertz CT molecular complexity index is 1930. The van der Waals surface area contributed by atoms with Gasteiger partial charge in [-0.05, 0) is 49.4 Å². The number of carbonyl (C=O) groups is 5. The van der Waals surface area contributed by atoms with Crippen molar-refractivity contribution in [2.24, 2.45) is 10.8 Å². The molecule has 0 amide bonds. The number of hydrogen-bond acceptors (Lipinski definition) is 17. The summed E-state index contributed by atoms with van der Waals surface area (Å²) in [7, 11) is 1.54. The van der Waals surface area contributed by atoms with Crippen LogP contribution in [0.3, 0.4) is 0 Å². The Morgan fingerprint density at radius 1 is 0.845 bits per heavy atom. The normalized spacial score (nSPS) is 33.3. The van der Waals surface area contributed by atoms with Crippen LogP contribution in [0.5, 0.6) is 0 Å². The van der Waals surface area contributed by atoms with Crippen molar-refractivity contribution in [1.82, 2.24) is 0 Å². The molecule has 0 aromatic rings. The van der Waals surface area contributed by atoms with E-state index in [1.165, 1.54) is 40.4 Å². The number of aliphatic hydroxyl groups excluding tert-OH is 1. The average Bonchev–Trinajstić information content (AvgIpc) is 3.26. The van der Waals surface area contributed by atoms with Gasteiger partial charge in [0.15, 0.2) is 20.2 Å². The Balaban J connectivity index is 1.93. The van der Waals surface area contributed by atoms with Gasteiger partial charge in [-0.15, -0.1) is 0 Å². The van der Waals surface area contributed by atoms with E-state index >= 15 is 0 Å². The molecule has 0 aromatic carbocycles. The van der Waals surface area contributed by atoms with E-state index in [2.05, 4.69) is 40.8 Å². The van der Waals surface area contributed by atoms with E-state index in [0.717, 1.165) is 25.7 Å². The predicted octanol–water partition coefficient (Wildman–Crippen LogP) is 8.02. The number of cyclic esters (lactones) is 1. The van der Waals surface area contributed by atoms with Crippen LogP contribution in [0.1, 0.15) is 152 Å². The predicted molar refractivity (Wildman–Crippen MR) is 265 cm³/mol. The molecule has 0 spiro atoms. The second-order valence-corrected chi connectivity index (χ2v) is 27.3. The zero-order valence-corrected chi connectivity index (χ0v) is 46.1. The number of unbranched alkanes of at least 4 members (excludes halogenated alkanes) is 4. The van der Waals surface area contributed by atoms with Crippen molar-refractivity contribution in [2.75, 3.05) is 27.9 Å². The number of hydrogen-bond donors (Lipinski definition) is 2. The lowest BCUT2D eigenvalue weighted by Crippen LogP contribution is -2.63. The molecular formula is C53H86O17Si. The third kappa shape index (κ3) is 15.8. The average molecular weight is 1020 g/mol. The highest BCUT2D eigenvalue weighted by molar-refractivity contribution is 6.74. The second-order valence-electron chi connectivity index (χ2n) is 22.5. The van der Waals surface area contributed by atoms with Gasteiger partial charge in [0.25, 0.3) is 0 Å². The highest BCUT2D eigenvalue weighted by Crippen LogP contribution is 2.52. The van der Waals surface area contributed by atoms with Crippen LogP contribution < -0.4 is 0 Å². The Morgan fingerprint density at radius 3 is 2.13 bits per heavy atom. The summed E-state index contributed by atoms with van der Waals surface area (Å²) < 4.78 is 61.8. The van der Waals surface area contributed by atoms with Gasteiger partial charge >= 0.3 is 29.8 Å². The topological polar surface area (TPSA) is 218 Å². The van der Waals surface area contributed by atoms with Crippen molar-refractivity contribution in [3.63, 3.8) is 0 Å². The van der Waals surface area contributed by atoms with Gasteiger partial charge < -0.3 is 57.3 Å². The van der Waals surface area contributed by atoms with Crippen LogP contribution in [-0.4, -0.2) is 137 Å². The van der Waals surface area contributed by atoms with Crippen LogP contribution in [0.2, 0.25) is 18.1 Å². The summed E-state index contributed by atoms with van der Waals surface area (Å²) in [5.74, 6) is -7.01. The van der Waals surface area contributed by atoms with Crippen molar-refractivity contribution in [3.05, 3.63) is 35.5 Å². The molecule has 10 atom stereocenters. The maximum Gasteiger partial charge on any atom is 0.330 e. The number of aliphatic hydroxyl groups is 2. The standard InChI is InChI=1S/C53H86O17Si/c1-15-16-17-18-19-20-44(56)68-48-36(27-46(58)62-11)26-39-30-42(33-64-71(13,14)49(3,4)5)67-47(59)29-37(55)28-40-31-43(65-34(2)54)51(8,9)52(63-12,69-40)32-41-24-35(25-45(57)61-10)23-38(66-41)21-22-50(6,7)53(48,60)70-39/h21-22,25,27,37-43,48,55,60H,15-20,23-24,26,28-33H2,1-14H3/b22-21+,35-25?,36-27+/t37-,38+,39+,40-,41+,42-,43+,48+,52?,53-/m1/s1. The second kappa shape index (κ2) is 25.2. The summed E-state index contributed by atoms with van der Waals surface area (Å²) in [5, 5.41) is 24.7. The van der Waals surface area contributed by atoms with Gasteiger partial charge in [-0.2, -0.15) is 0 Å². The lowest BCUT2D eigenvalue weighted by molar-refractivity contribution is -0.358. The summed E-state index contributed by atoms with van der Waals surface area (Å²) in [6, 6.07) is 0.